The predicted molar refractivity (Wildman–Crippen MR) is 218 cm³/mol. The third kappa shape index (κ3) is 37.9. The Balaban J connectivity index is 3.51. The summed E-state index contributed by atoms with van der Waals surface area (Å²) in [5.41, 5.74) is 0. The van der Waals surface area contributed by atoms with E-state index in [1.54, 1.807) is 0 Å². The number of aliphatic hydroxyl groups excluding tert-OH is 2. The molecule has 0 saturated carbocycles. The fourth-order valence-corrected chi connectivity index (χ4v) is 6.51. The van der Waals surface area contributed by atoms with E-state index in [0.29, 0.717) is 25.9 Å². The average Bonchev–Trinajstić information content (AvgIpc) is 3.13. The molecule has 0 spiro atoms. The first kappa shape index (κ1) is 49.3. The summed E-state index contributed by atoms with van der Waals surface area (Å²) in [7, 11) is 0. The Morgan fingerprint density at radius 3 is 1.41 bits per heavy atom. The molecule has 0 bridgehead atoms. The number of carbonyl (C=O) groups excluding carboxylic acids is 2. The van der Waals surface area contributed by atoms with E-state index in [-0.39, 0.29) is 18.5 Å². The second-order valence-corrected chi connectivity index (χ2v) is 15.0. The monoisotopic (exact) mass is 720 g/mol. The third-order valence-corrected chi connectivity index (χ3v) is 9.97. The zero-order valence-corrected chi connectivity index (χ0v) is 33.8. The maximum absolute atomic E-state index is 12.3. The van der Waals surface area contributed by atoms with E-state index in [1.165, 1.54) is 116 Å². The van der Waals surface area contributed by atoms with Crippen molar-refractivity contribution in [2.75, 3.05) is 13.2 Å². The molecule has 0 saturated heterocycles. The van der Waals surface area contributed by atoms with Gasteiger partial charge in [0.1, 0.15) is 0 Å². The zero-order chi connectivity index (χ0) is 37.3. The molecule has 2 atom stereocenters. The molecule has 0 aromatic carbocycles. The normalized spacial score (nSPS) is 12.9. The Labute approximate surface area is 316 Å². The predicted octanol–water partition coefficient (Wildman–Crippen LogP) is 12.4. The number of unbranched alkanes of at least 4 members (excludes halogenated alkanes) is 25. The molecule has 0 aliphatic carbocycles. The SMILES string of the molecule is CCCCCC/C=C\CCCCCCCC(=O)OCCCCC/C=C\CCCCCCCC(=O)NC(CO)C(O)CCCCCCCCCCC. The maximum atomic E-state index is 12.3. The quantitative estimate of drug-likeness (QED) is 0.0333. The fourth-order valence-electron chi connectivity index (χ4n) is 6.51. The third-order valence-electron chi connectivity index (χ3n) is 9.97. The van der Waals surface area contributed by atoms with Gasteiger partial charge in [-0.1, -0.05) is 154 Å². The molecule has 0 aromatic rings. The van der Waals surface area contributed by atoms with Crippen molar-refractivity contribution in [3.05, 3.63) is 24.3 Å². The molecule has 0 radical (unpaired) electrons. The minimum Gasteiger partial charge on any atom is -0.466 e. The van der Waals surface area contributed by atoms with Gasteiger partial charge in [-0.05, 0) is 83.5 Å². The van der Waals surface area contributed by atoms with Gasteiger partial charge in [0.15, 0.2) is 0 Å². The van der Waals surface area contributed by atoms with Gasteiger partial charge in [0.2, 0.25) is 5.91 Å². The first-order valence-corrected chi connectivity index (χ1v) is 22.1. The highest BCUT2D eigenvalue weighted by atomic mass is 16.5. The minimum absolute atomic E-state index is 0.0332. The number of nitrogens with one attached hydrogen (secondary N) is 1. The number of rotatable bonds is 40. The van der Waals surface area contributed by atoms with Crippen LogP contribution in [0.15, 0.2) is 24.3 Å². The summed E-state index contributed by atoms with van der Waals surface area (Å²) in [6, 6.07) is -0.557. The lowest BCUT2D eigenvalue weighted by Crippen LogP contribution is -2.45. The van der Waals surface area contributed by atoms with E-state index in [1.807, 2.05) is 0 Å². The van der Waals surface area contributed by atoms with Crippen molar-refractivity contribution in [1.29, 1.82) is 0 Å². The van der Waals surface area contributed by atoms with E-state index < -0.39 is 12.1 Å². The molecule has 3 N–H and O–H groups in total. The molecular weight excluding hydrogens is 634 g/mol. The first-order chi connectivity index (χ1) is 25.0. The number of esters is 1. The number of hydrogen-bond donors (Lipinski definition) is 3. The molecule has 2 unspecified atom stereocenters. The van der Waals surface area contributed by atoms with Crippen molar-refractivity contribution in [3.63, 3.8) is 0 Å². The number of ether oxygens (including phenoxy) is 1. The van der Waals surface area contributed by atoms with Crippen LogP contribution in [0.2, 0.25) is 0 Å². The van der Waals surface area contributed by atoms with Gasteiger partial charge in [-0.2, -0.15) is 0 Å². The lowest BCUT2D eigenvalue weighted by atomic mass is 10.0. The Morgan fingerprint density at radius 1 is 0.529 bits per heavy atom. The van der Waals surface area contributed by atoms with Gasteiger partial charge in [0.05, 0.1) is 25.4 Å². The molecule has 300 valence electrons. The molecule has 0 fully saturated rings. The Hall–Kier alpha value is -1.66. The van der Waals surface area contributed by atoms with Crippen LogP contribution in [0.3, 0.4) is 0 Å². The number of hydrogen-bond acceptors (Lipinski definition) is 5. The Kier molecular flexibility index (Phi) is 39.8. The largest absolute Gasteiger partial charge is 0.466 e. The van der Waals surface area contributed by atoms with Gasteiger partial charge >= 0.3 is 5.97 Å². The molecule has 0 aliphatic rings. The summed E-state index contributed by atoms with van der Waals surface area (Å²) in [5.74, 6) is -0.0983. The van der Waals surface area contributed by atoms with Crippen LogP contribution in [0.25, 0.3) is 0 Å². The van der Waals surface area contributed by atoms with Gasteiger partial charge in [-0.25, -0.2) is 0 Å². The number of allylic oxidation sites excluding steroid dienone is 4. The highest BCUT2D eigenvalue weighted by Crippen LogP contribution is 2.14. The second-order valence-electron chi connectivity index (χ2n) is 15.0. The first-order valence-electron chi connectivity index (χ1n) is 22.1. The molecule has 6 nitrogen and oxygen atoms in total. The van der Waals surface area contributed by atoms with Gasteiger partial charge in [0, 0.05) is 12.8 Å². The fraction of sp³-hybridized carbons (Fsp3) is 0.867. The van der Waals surface area contributed by atoms with Crippen LogP contribution in [-0.4, -0.2) is 47.4 Å². The molecule has 0 aliphatic heterocycles. The highest BCUT2D eigenvalue weighted by molar-refractivity contribution is 5.76. The van der Waals surface area contributed by atoms with Crippen molar-refractivity contribution in [3.8, 4) is 0 Å². The number of amides is 1. The second kappa shape index (κ2) is 41.1. The number of aliphatic hydroxyl groups is 2. The Bertz CT molecular complexity index is 797. The lowest BCUT2D eigenvalue weighted by molar-refractivity contribution is -0.143. The summed E-state index contributed by atoms with van der Waals surface area (Å²) in [5, 5.41) is 23.0. The van der Waals surface area contributed by atoms with Crippen LogP contribution in [-0.2, 0) is 14.3 Å². The van der Waals surface area contributed by atoms with E-state index in [2.05, 4.69) is 43.5 Å². The molecule has 1 amide bonds. The van der Waals surface area contributed by atoms with E-state index in [4.69, 9.17) is 4.74 Å². The topological polar surface area (TPSA) is 95.9 Å². The van der Waals surface area contributed by atoms with Crippen molar-refractivity contribution in [2.24, 2.45) is 0 Å². The van der Waals surface area contributed by atoms with Crippen molar-refractivity contribution < 1.29 is 24.5 Å². The van der Waals surface area contributed by atoms with Crippen LogP contribution >= 0.6 is 0 Å². The molecule has 0 rings (SSSR count). The van der Waals surface area contributed by atoms with Crippen LogP contribution in [0, 0.1) is 0 Å². The molecule has 51 heavy (non-hydrogen) atoms. The summed E-state index contributed by atoms with van der Waals surface area (Å²) in [6.45, 7) is 4.83. The lowest BCUT2D eigenvalue weighted by Gasteiger charge is -2.22. The zero-order valence-electron chi connectivity index (χ0n) is 33.8. The van der Waals surface area contributed by atoms with Crippen LogP contribution in [0.1, 0.15) is 226 Å². The molecule has 0 aromatic heterocycles. The van der Waals surface area contributed by atoms with Crippen molar-refractivity contribution in [2.45, 2.75) is 238 Å². The van der Waals surface area contributed by atoms with Gasteiger partial charge < -0.3 is 20.3 Å². The summed E-state index contributed by atoms with van der Waals surface area (Å²) < 4.78 is 5.42. The van der Waals surface area contributed by atoms with Gasteiger partial charge in [0.25, 0.3) is 0 Å². The molecule has 0 heterocycles. The standard InChI is InChI=1S/C45H85NO5/c1-3-5-7-9-11-13-14-15-19-23-27-31-35-39-45(50)51-40-36-32-28-24-20-17-16-18-22-26-30-34-38-44(49)46-42(41-47)43(48)37-33-29-25-21-12-10-8-6-4-2/h13-14,17,20,42-43,47-48H,3-12,15-16,18-19,21-41H2,1-2H3,(H,46,49)/b14-13-,20-17-. The molecule has 6 heteroatoms. The van der Waals surface area contributed by atoms with E-state index >= 15 is 0 Å². The van der Waals surface area contributed by atoms with Crippen LogP contribution in [0.4, 0.5) is 0 Å². The smallest absolute Gasteiger partial charge is 0.305 e. The van der Waals surface area contributed by atoms with E-state index in [9.17, 15) is 19.8 Å². The summed E-state index contributed by atoms with van der Waals surface area (Å²) in [4.78, 5) is 24.3. The van der Waals surface area contributed by atoms with Crippen LogP contribution in [0.5, 0.6) is 0 Å². The maximum Gasteiger partial charge on any atom is 0.305 e. The van der Waals surface area contributed by atoms with E-state index in [0.717, 1.165) is 77.0 Å². The van der Waals surface area contributed by atoms with Crippen molar-refractivity contribution >= 4 is 11.9 Å². The van der Waals surface area contributed by atoms with Gasteiger partial charge in [-0.15, -0.1) is 0 Å². The highest BCUT2D eigenvalue weighted by Gasteiger charge is 2.20. The molecular formula is C45H85NO5. The summed E-state index contributed by atoms with van der Waals surface area (Å²) >= 11 is 0. The average molecular weight is 720 g/mol. The number of carbonyl (C=O) groups is 2. The van der Waals surface area contributed by atoms with Crippen molar-refractivity contribution in [1.82, 2.24) is 5.32 Å². The van der Waals surface area contributed by atoms with Gasteiger partial charge in [-0.3, -0.25) is 9.59 Å². The minimum atomic E-state index is -0.677. The van der Waals surface area contributed by atoms with Crippen LogP contribution < -0.4 is 5.32 Å². The Morgan fingerprint density at radius 2 is 0.922 bits per heavy atom. The summed E-state index contributed by atoms with van der Waals surface area (Å²) in [6.07, 6.45) is 45.6.